The Bertz CT molecular complexity index is 353. The van der Waals surface area contributed by atoms with Crippen molar-refractivity contribution in [2.24, 2.45) is 17.3 Å². The van der Waals surface area contributed by atoms with E-state index in [0.29, 0.717) is 12.5 Å². The smallest absolute Gasteiger partial charge is 0.317 e. The van der Waals surface area contributed by atoms with E-state index in [9.17, 15) is 9.59 Å². The lowest BCUT2D eigenvalue weighted by Gasteiger charge is -2.23. The molecule has 0 aromatic heterocycles. The molecular weight excluding hydrogens is 256 g/mol. The van der Waals surface area contributed by atoms with Crippen LogP contribution in [0.2, 0.25) is 0 Å². The largest absolute Gasteiger partial charge is 0.481 e. The first-order chi connectivity index (χ1) is 9.19. The molecule has 20 heavy (non-hydrogen) atoms. The Kier molecular flexibility index (Phi) is 5.84. The zero-order valence-corrected chi connectivity index (χ0v) is 13.1. The average Bonchev–Trinajstić information content (AvgIpc) is 2.64. The van der Waals surface area contributed by atoms with Crippen LogP contribution < -0.4 is 5.32 Å². The van der Waals surface area contributed by atoms with Gasteiger partial charge in [-0.05, 0) is 30.1 Å². The van der Waals surface area contributed by atoms with Crippen molar-refractivity contribution in [2.75, 3.05) is 19.6 Å². The third kappa shape index (κ3) is 5.80. The summed E-state index contributed by atoms with van der Waals surface area (Å²) in [6.45, 7) is 10.5. The van der Waals surface area contributed by atoms with Gasteiger partial charge in [-0.2, -0.15) is 0 Å². The summed E-state index contributed by atoms with van der Waals surface area (Å²) in [7, 11) is 0. The molecular formula is C15H28N2O3. The lowest BCUT2D eigenvalue weighted by Crippen LogP contribution is -2.41. The highest BCUT2D eigenvalue weighted by molar-refractivity contribution is 5.74. The minimum absolute atomic E-state index is 0.00654. The molecule has 0 bridgehead atoms. The zero-order valence-electron chi connectivity index (χ0n) is 13.1. The number of carbonyl (C=O) groups is 2. The van der Waals surface area contributed by atoms with Gasteiger partial charge in [0.1, 0.15) is 0 Å². The number of carboxylic acids is 1. The molecule has 2 N–H and O–H groups in total. The molecule has 1 aliphatic heterocycles. The van der Waals surface area contributed by atoms with E-state index in [4.69, 9.17) is 5.11 Å². The van der Waals surface area contributed by atoms with E-state index < -0.39 is 5.97 Å². The standard InChI is InChI=1S/C15H28N2O3/c1-11(2)7-12(8-13(18)19)9-16-14(20)17-6-5-15(3,4)10-17/h11-12H,5-10H2,1-4H3,(H,16,20)(H,18,19)/t12-/m0/s1. The van der Waals surface area contributed by atoms with E-state index >= 15 is 0 Å². The molecule has 1 atom stereocenters. The van der Waals surface area contributed by atoms with Crippen molar-refractivity contribution in [1.82, 2.24) is 10.2 Å². The van der Waals surface area contributed by atoms with Crippen LogP contribution in [0.3, 0.4) is 0 Å². The van der Waals surface area contributed by atoms with Gasteiger partial charge in [0.15, 0.2) is 0 Å². The maximum Gasteiger partial charge on any atom is 0.317 e. The highest BCUT2D eigenvalue weighted by atomic mass is 16.4. The first-order valence-electron chi connectivity index (χ1n) is 7.44. The molecule has 1 aliphatic rings. The highest BCUT2D eigenvalue weighted by Gasteiger charge is 2.32. The van der Waals surface area contributed by atoms with Crippen LogP contribution in [0.1, 0.15) is 47.0 Å². The van der Waals surface area contributed by atoms with Crippen molar-refractivity contribution in [3.05, 3.63) is 0 Å². The quantitative estimate of drug-likeness (QED) is 0.787. The molecule has 1 saturated heterocycles. The summed E-state index contributed by atoms with van der Waals surface area (Å²) in [4.78, 5) is 24.8. The number of rotatable bonds is 6. The van der Waals surface area contributed by atoms with Crippen LogP contribution in [0.25, 0.3) is 0 Å². The maximum atomic E-state index is 12.1. The van der Waals surface area contributed by atoms with Crippen LogP contribution >= 0.6 is 0 Å². The molecule has 0 saturated carbocycles. The van der Waals surface area contributed by atoms with Gasteiger partial charge < -0.3 is 15.3 Å². The van der Waals surface area contributed by atoms with Crippen molar-refractivity contribution >= 4 is 12.0 Å². The van der Waals surface area contributed by atoms with Crippen LogP contribution in [0.5, 0.6) is 0 Å². The number of carboxylic acid groups (broad SMARTS) is 1. The Balaban J connectivity index is 2.42. The molecule has 5 heteroatoms. The third-order valence-corrected chi connectivity index (χ3v) is 3.77. The Hall–Kier alpha value is -1.26. The molecule has 1 rings (SSSR count). The normalized spacial score (nSPS) is 19.1. The van der Waals surface area contributed by atoms with E-state index in [0.717, 1.165) is 25.9 Å². The minimum atomic E-state index is -0.799. The third-order valence-electron chi connectivity index (χ3n) is 3.77. The number of hydrogen-bond donors (Lipinski definition) is 2. The second-order valence-electron chi connectivity index (χ2n) is 7.12. The first kappa shape index (κ1) is 16.8. The van der Waals surface area contributed by atoms with Gasteiger partial charge >= 0.3 is 12.0 Å². The molecule has 0 radical (unpaired) electrons. The molecule has 0 unspecified atom stereocenters. The van der Waals surface area contributed by atoms with Crippen molar-refractivity contribution in [1.29, 1.82) is 0 Å². The van der Waals surface area contributed by atoms with Gasteiger partial charge in [0.05, 0.1) is 0 Å². The van der Waals surface area contributed by atoms with Crippen LogP contribution in [-0.4, -0.2) is 41.6 Å². The van der Waals surface area contributed by atoms with Crippen LogP contribution in [0, 0.1) is 17.3 Å². The van der Waals surface area contributed by atoms with Gasteiger partial charge in [-0.3, -0.25) is 4.79 Å². The van der Waals surface area contributed by atoms with Gasteiger partial charge in [0.25, 0.3) is 0 Å². The Morgan fingerprint density at radius 1 is 1.35 bits per heavy atom. The van der Waals surface area contributed by atoms with Crippen molar-refractivity contribution < 1.29 is 14.7 Å². The lowest BCUT2D eigenvalue weighted by molar-refractivity contribution is -0.138. The van der Waals surface area contributed by atoms with E-state index in [1.54, 1.807) is 0 Å². The molecule has 0 aromatic rings. The van der Waals surface area contributed by atoms with Crippen molar-refractivity contribution in [2.45, 2.75) is 47.0 Å². The molecule has 1 fully saturated rings. The fourth-order valence-corrected chi connectivity index (χ4v) is 2.78. The predicted octanol–water partition coefficient (Wildman–Crippen LogP) is 2.56. The minimum Gasteiger partial charge on any atom is -0.481 e. The monoisotopic (exact) mass is 284 g/mol. The van der Waals surface area contributed by atoms with Crippen LogP contribution in [0.15, 0.2) is 0 Å². The Morgan fingerprint density at radius 3 is 2.45 bits per heavy atom. The van der Waals surface area contributed by atoms with Crippen LogP contribution in [-0.2, 0) is 4.79 Å². The molecule has 2 amide bonds. The molecule has 0 spiro atoms. The summed E-state index contributed by atoms with van der Waals surface area (Å²) in [6, 6.07) is -0.0604. The van der Waals surface area contributed by atoms with Gasteiger partial charge in [-0.25, -0.2) is 4.79 Å². The number of aliphatic carboxylic acids is 1. The highest BCUT2D eigenvalue weighted by Crippen LogP contribution is 2.28. The predicted molar refractivity (Wildman–Crippen MR) is 78.6 cm³/mol. The number of amides is 2. The second kappa shape index (κ2) is 6.95. The van der Waals surface area contributed by atoms with Gasteiger partial charge in [-0.15, -0.1) is 0 Å². The van der Waals surface area contributed by atoms with Crippen LogP contribution in [0.4, 0.5) is 4.79 Å². The van der Waals surface area contributed by atoms with Gasteiger partial charge in [-0.1, -0.05) is 27.7 Å². The Labute approximate surface area is 121 Å². The number of nitrogens with zero attached hydrogens (tertiary/aromatic N) is 1. The number of nitrogens with one attached hydrogen (secondary N) is 1. The number of carbonyl (C=O) groups excluding carboxylic acids is 1. The zero-order chi connectivity index (χ0) is 15.3. The molecule has 5 nitrogen and oxygen atoms in total. The van der Waals surface area contributed by atoms with Crippen molar-refractivity contribution in [3.63, 3.8) is 0 Å². The molecule has 1 heterocycles. The summed E-state index contributed by atoms with van der Waals surface area (Å²) >= 11 is 0. The first-order valence-corrected chi connectivity index (χ1v) is 7.44. The molecule has 0 aromatic carbocycles. The van der Waals surface area contributed by atoms with Crippen molar-refractivity contribution in [3.8, 4) is 0 Å². The summed E-state index contributed by atoms with van der Waals surface area (Å²) in [5.74, 6) is -0.360. The Morgan fingerprint density at radius 2 is 2.00 bits per heavy atom. The summed E-state index contributed by atoms with van der Waals surface area (Å²) in [6.07, 6.45) is 1.95. The average molecular weight is 284 g/mol. The van der Waals surface area contributed by atoms with E-state index in [2.05, 4.69) is 33.0 Å². The van der Waals surface area contributed by atoms with E-state index in [-0.39, 0.29) is 23.8 Å². The summed E-state index contributed by atoms with van der Waals surface area (Å²) in [5.41, 5.74) is 0.190. The fraction of sp³-hybridized carbons (Fsp3) is 0.867. The maximum absolute atomic E-state index is 12.1. The second-order valence-corrected chi connectivity index (χ2v) is 7.12. The van der Waals surface area contributed by atoms with Gasteiger partial charge in [0.2, 0.25) is 0 Å². The topological polar surface area (TPSA) is 69.6 Å². The number of likely N-dealkylation sites (tertiary alicyclic amines) is 1. The summed E-state index contributed by atoms with van der Waals surface area (Å²) in [5, 5.41) is 11.8. The van der Waals surface area contributed by atoms with E-state index in [1.807, 2.05) is 4.90 Å². The SMILES string of the molecule is CC(C)C[C@H](CNC(=O)N1CCC(C)(C)C1)CC(=O)O. The fourth-order valence-electron chi connectivity index (χ4n) is 2.78. The molecule has 0 aliphatic carbocycles. The number of hydrogen-bond acceptors (Lipinski definition) is 2. The lowest BCUT2D eigenvalue weighted by atomic mass is 9.93. The summed E-state index contributed by atoms with van der Waals surface area (Å²) < 4.78 is 0. The van der Waals surface area contributed by atoms with E-state index in [1.165, 1.54) is 0 Å². The van der Waals surface area contributed by atoms with Gasteiger partial charge in [0, 0.05) is 26.1 Å². The number of urea groups is 1. The molecule has 116 valence electrons.